The van der Waals surface area contributed by atoms with Crippen LogP contribution in [0.2, 0.25) is 0 Å². The van der Waals surface area contributed by atoms with Crippen molar-refractivity contribution in [2.75, 3.05) is 19.6 Å². The summed E-state index contributed by atoms with van der Waals surface area (Å²) in [4.78, 5) is 43.7. The van der Waals surface area contributed by atoms with Crippen LogP contribution < -0.4 is 16.8 Å². The number of aliphatic hydroxyl groups excluding tert-OH is 1. The number of carbonyl (C=O) groups excluding carboxylic acids is 3. The number of carboxylic acids is 1. The third-order valence-corrected chi connectivity index (χ3v) is 1.71. The Bertz CT molecular complexity index is 341. The topological polar surface area (TPSA) is 176 Å². The van der Waals surface area contributed by atoms with E-state index in [9.17, 15) is 19.2 Å². The fourth-order valence-electron chi connectivity index (χ4n) is 0.959. The van der Waals surface area contributed by atoms with Crippen LogP contribution in [-0.2, 0) is 14.4 Å². The number of aliphatic carboxylic acids is 1. The first-order chi connectivity index (χ1) is 8.23. The van der Waals surface area contributed by atoms with Gasteiger partial charge >= 0.3 is 12.0 Å². The summed E-state index contributed by atoms with van der Waals surface area (Å²) in [5, 5.41) is 19.3. The molecule has 7 N–H and O–H groups in total. The average Bonchev–Trinajstić information content (AvgIpc) is 2.22. The quantitative estimate of drug-likeness (QED) is 0.316. The highest BCUT2D eigenvalue weighted by Gasteiger charge is 2.20. The largest absolute Gasteiger partial charge is 0.479 e. The van der Waals surface area contributed by atoms with Gasteiger partial charge in [0.2, 0.25) is 11.8 Å². The molecule has 0 aliphatic carbocycles. The molecule has 0 saturated carbocycles. The van der Waals surface area contributed by atoms with Gasteiger partial charge in [0.05, 0.1) is 6.54 Å². The molecule has 10 heteroatoms. The molecule has 0 radical (unpaired) electrons. The third-order valence-electron chi connectivity index (χ3n) is 1.71. The van der Waals surface area contributed by atoms with E-state index in [4.69, 9.17) is 21.7 Å². The summed E-state index contributed by atoms with van der Waals surface area (Å²) in [7, 11) is 0. The molecule has 0 unspecified atom stereocenters. The van der Waals surface area contributed by atoms with Crippen LogP contribution in [0.25, 0.3) is 0 Å². The van der Waals surface area contributed by atoms with Gasteiger partial charge in [-0.05, 0) is 0 Å². The Hall–Kier alpha value is -2.36. The van der Waals surface area contributed by atoms with Crippen LogP contribution in [0, 0.1) is 0 Å². The lowest BCUT2D eigenvalue weighted by Crippen LogP contribution is -2.49. The van der Waals surface area contributed by atoms with Crippen LogP contribution in [-0.4, -0.2) is 64.7 Å². The smallest absolute Gasteiger partial charge is 0.334 e. The number of urea groups is 1. The Balaban J connectivity index is 4.41. The molecule has 0 fully saturated rings. The van der Waals surface area contributed by atoms with Crippen molar-refractivity contribution in [2.45, 2.75) is 6.10 Å². The monoisotopic (exact) mass is 262 g/mol. The van der Waals surface area contributed by atoms with Crippen LogP contribution >= 0.6 is 0 Å². The highest BCUT2D eigenvalue weighted by molar-refractivity contribution is 5.87. The second-order valence-electron chi connectivity index (χ2n) is 3.33. The van der Waals surface area contributed by atoms with Crippen molar-refractivity contribution in [3.63, 3.8) is 0 Å². The summed E-state index contributed by atoms with van der Waals surface area (Å²) in [6.07, 6.45) is -1.79. The number of carbonyl (C=O) groups is 4. The molecule has 0 rings (SSSR count). The summed E-state index contributed by atoms with van der Waals surface area (Å²) in [6, 6.07) is -0.937. The summed E-state index contributed by atoms with van der Waals surface area (Å²) >= 11 is 0. The van der Waals surface area contributed by atoms with Crippen LogP contribution in [0.1, 0.15) is 0 Å². The maximum Gasteiger partial charge on any atom is 0.334 e. The van der Waals surface area contributed by atoms with E-state index in [0.29, 0.717) is 4.90 Å². The van der Waals surface area contributed by atoms with E-state index in [1.54, 1.807) is 0 Å². The van der Waals surface area contributed by atoms with Gasteiger partial charge in [-0.25, -0.2) is 9.59 Å². The predicted molar refractivity (Wildman–Crippen MR) is 57.0 cm³/mol. The van der Waals surface area contributed by atoms with Crippen molar-refractivity contribution < 1.29 is 29.4 Å². The molecular weight excluding hydrogens is 248 g/mol. The molecule has 18 heavy (non-hydrogen) atoms. The minimum atomic E-state index is -1.79. The first kappa shape index (κ1) is 15.6. The van der Waals surface area contributed by atoms with Gasteiger partial charge in [-0.1, -0.05) is 0 Å². The fourth-order valence-corrected chi connectivity index (χ4v) is 0.959. The van der Waals surface area contributed by atoms with E-state index < -0.39 is 49.6 Å². The second kappa shape index (κ2) is 7.06. The normalized spacial score (nSPS) is 11.4. The average molecular weight is 262 g/mol. The van der Waals surface area contributed by atoms with E-state index in [2.05, 4.69) is 0 Å². The number of nitrogens with zero attached hydrogens (tertiary/aromatic N) is 1. The lowest BCUT2D eigenvalue weighted by molar-refractivity contribution is -0.146. The standard InChI is InChI=1S/C8H14N4O6/c9-5(14)2-12(3-6(10)15)8(18)11-1-4(13)7(16)17/h4,13H,1-3H2,(H2,9,14)(H2,10,15)(H,11,18)(H,16,17)/t4-/m0/s1. The molecule has 0 aromatic carbocycles. The minimum absolute atomic E-state index is 0.558. The summed E-state index contributed by atoms with van der Waals surface area (Å²) in [6.45, 7) is -1.70. The van der Waals surface area contributed by atoms with Crippen LogP contribution in [0.3, 0.4) is 0 Å². The van der Waals surface area contributed by atoms with E-state index in [-0.39, 0.29) is 0 Å². The van der Waals surface area contributed by atoms with Crippen molar-refractivity contribution in [2.24, 2.45) is 11.5 Å². The first-order valence-electron chi connectivity index (χ1n) is 4.74. The van der Waals surface area contributed by atoms with Gasteiger partial charge in [0.1, 0.15) is 13.1 Å². The molecular formula is C8H14N4O6. The Labute approximate surface area is 102 Å². The van der Waals surface area contributed by atoms with E-state index >= 15 is 0 Å². The molecule has 0 heterocycles. The number of hydrogen-bond donors (Lipinski definition) is 5. The van der Waals surface area contributed by atoms with E-state index in [1.807, 2.05) is 5.32 Å². The molecule has 0 spiro atoms. The maximum atomic E-state index is 11.4. The van der Waals surface area contributed by atoms with Gasteiger partial charge in [-0.2, -0.15) is 0 Å². The Morgan fingerprint density at radius 3 is 1.89 bits per heavy atom. The summed E-state index contributed by atoms with van der Waals surface area (Å²) < 4.78 is 0. The molecule has 1 atom stereocenters. The van der Waals surface area contributed by atoms with Crippen LogP contribution in [0.15, 0.2) is 0 Å². The van der Waals surface area contributed by atoms with Crippen molar-refractivity contribution >= 4 is 23.8 Å². The molecule has 10 nitrogen and oxygen atoms in total. The van der Waals surface area contributed by atoms with Gasteiger partial charge < -0.3 is 31.9 Å². The lowest BCUT2D eigenvalue weighted by Gasteiger charge is -2.20. The number of nitrogens with one attached hydrogen (secondary N) is 1. The van der Waals surface area contributed by atoms with Gasteiger partial charge in [-0.15, -0.1) is 0 Å². The van der Waals surface area contributed by atoms with E-state index in [0.717, 1.165) is 0 Å². The Morgan fingerprint density at radius 2 is 1.56 bits per heavy atom. The van der Waals surface area contributed by atoms with Crippen molar-refractivity contribution in [3.8, 4) is 0 Å². The molecule has 0 aliphatic rings. The SMILES string of the molecule is NC(=O)CN(CC(N)=O)C(=O)NC[C@H](O)C(=O)O. The second-order valence-corrected chi connectivity index (χ2v) is 3.33. The minimum Gasteiger partial charge on any atom is -0.479 e. The van der Waals surface area contributed by atoms with E-state index in [1.165, 1.54) is 0 Å². The number of nitrogens with two attached hydrogens (primary N) is 2. The molecule has 0 aliphatic heterocycles. The number of aliphatic hydroxyl groups is 1. The molecule has 4 amide bonds. The highest BCUT2D eigenvalue weighted by atomic mass is 16.4. The zero-order chi connectivity index (χ0) is 14.3. The zero-order valence-electron chi connectivity index (χ0n) is 9.33. The maximum absolute atomic E-state index is 11.4. The van der Waals surface area contributed by atoms with Crippen LogP contribution in [0.4, 0.5) is 4.79 Å². The predicted octanol–water partition coefficient (Wildman–Crippen LogP) is -3.59. The van der Waals surface area contributed by atoms with Gasteiger partial charge in [0.25, 0.3) is 0 Å². The number of primary amides is 2. The van der Waals surface area contributed by atoms with Crippen molar-refractivity contribution in [1.29, 1.82) is 0 Å². The van der Waals surface area contributed by atoms with Gasteiger partial charge in [0, 0.05) is 0 Å². The van der Waals surface area contributed by atoms with Crippen LogP contribution in [0.5, 0.6) is 0 Å². The number of amides is 4. The summed E-state index contributed by atoms with van der Waals surface area (Å²) in [5.41, 5.74) is 9.71. The first-order valence-corrected chi connectivity index (χ1v) is 4.74. The fraction of sp³-hybridized carbons (Fsp3) is 0.500. The number of carboxylic acid groups (broad SMARTS) is 1. The summed E-state index contributed by atoms with van der Waals surface area (Å²) in [5.74, 6) is -3.26. The Kier molecular flexibility index (Phi) is 6.14. The number of rotatable bonds is 7. The van der Waals surface area contributed by atoms with Crippen molar-refractivity contribution in [3.05, 3.63) is 0 Å². The van der Waals surface area contributed by atoms with Gasteiger partial charge in [-0.3, -0.25) is 9.59 Å². The Morgan fingerprint density at radius 1 is 1.11 bits per heavy atom. The highest BCUT2D eigenvalue weighted by Crippen LogP contribution is 1.90. The number of hydrogen-bond acceptors (Lipinski definition) is 5. The molecule has 0 aromatic heterocycles. The van der Waals surface area contributed by atoms with Crippen molar-refractivity contribution in [1.82, 2.24) is 10.2 Å². The molecule has 0 aromatic rings. The molecule has 0 bridgehead atoms. The zero-order valence-corrected chi connectivity index (χ0v) is 9.33. The third kappa shape index (κ3) is 6.27. The van der Waals surface area contributed by atoms with Gasteiger partial charge in [0.15, 0.2) is 6.10 Å². The lowest BCUT2D eigenvalue weighted by atomic mass is 10.3. The molecule has 102 valence electrons. The molecule has 0 saturated heterocycles.